The molecular weight excluding hydrogens is 284 g/mol. The molecule has 0 radical (unpaired) electrons. The highest BCUT2D eigenvalue weighted by molar-refractivity contribution is 7.92. The highest BCUT2D eigenvalue weighted by Crippen LogP contribution is 2.50. The van der Waals surface area contributed by atoms with Gasteiger partial charge in [-0.1, -0.05) is 0 Å². The van der Waals surface area contributed by atoms with E-state index < -0.39 is 32.9 Å². The van der Waals surface area contributed by atoms with Gasteiger partial charge in [-0.15, -0.1) is 0 Å². The van der Waals surface area contributed by atoms with Crippen LogP contribution in [0.15, 0.2) is 0 Å². The number of esters is 1. The summed E-state index contributed by atoms with van der Waals surface area (Å²) in [4.78, 5) is 22.6. The number of methoxy groups -OCH3 is 1. The van der Waals surface area contributed by atoms with Crippen molar-refractivity contribution in [3.63, 3.8) is 0 Å². The van der Waals surface area contributed by atoms with Gasteiger partial charge in [-0.25, -0.2) is 8.42 Å². The molecule has 0 heterocycles. The van der Waals surface area contributed by atoms with E-state index in [2.05, 4.69) is 10.1 Å². The van der Waals surface area contributed by atoms with E-state index in [1.54, 1.807) is 0 Å². The van der Waals surface area contributed by atoms with Crippen molar-refractivity contribution in [3.05, 3.63) is 0 Å². The quantitative estimate of drug-likeness (QED) is 0.489. The van der Waals surface area contributed by atoms with Gasteiger partial charge < -0.3 is 10.1 Å². The standard InChI is InChI=1S/C12H18N2O5S/c1-19-11(16)7-12(3-4-12)9-20(17,18)8-10(15)14-6-2-5-13/h2-4,6-9H2,1H3,(H,14,15). The first kappa shape index (κ1) is 16.4. The number of nitrogens with one attached hydrogen (secondary N) is 1. The van der Waals surface area contributed by atoms with Crippen molar-refractivity contribution in [3.8, 4) is 6.07 Å². The summed E-state index contributed by atoms with van der Waals surface area (Å²) in [6.45, 7) is 0.137. The first-order valence-corrected chi connectivity index (χ1v) is 8.05. The van der Waals surface area contributed by atoms with Gasteiger partial charge in [0.25, 0.3) is 0 Å². The number of nitrogens with zero attached hydrogens (tertiary/aromatic N) is 1. The van der Waals surface area contributed by atoms with E-state index in [-0.39, 0.29) is 25.1 Å². The molecule has 0 saturated heterocycles. The Morgan fingerprint density at radius 3 is 2.55 bits per heavy atom. The predicted octanol–water partition coefficient (Wildman–Crippen LogP) is -0.226. The fraction of sp³-hybridized carbons (Fsp3) is 0.750. The zero-order valence-electron chi connectivity index (χ0n) is 11.3. The van der Waals surface area contributed by atoms with Crippen LogP contribution in [0.2, 0.25) is 0 Å². The van der Waals surface area contributed by atoms with Crippen LogP contribution in [0.1, 0.15) is 25.7 Å². The van der Waals surface area contributed by atoms with E-state index in [0.29, 0.717) is 12.8 Å². The van der Waals surface area contributed by atoms with E-state index in [0.717, 1.165) is 0 Å². The largest absolute Gasteiger partial charge is 0.469 e. The molecule has 1 saturated carbocycles. The SMILES string of the molecule is COC(=O)CC1(CS(=O)(=O)CC(=O)NCCC#N)CC1. The van der Waals surface area contributed by atoms with Gasteiger partial charge >= 0.3 is 5.97 Å². The molecule has 1 amide bonds. The van der Waals surface area contributed by atoms with Gasteiger partial charge in [0, 0.05) is 6.54 Å². The molecule has 1 aliphatic carbocycles. The topological polar surface area (TPSA) is 113 Å². The predicted molar refractivity (Wildman–Crippen MR) is 70.2 cm³/mol. The third kappa shape index (κ3) is 5.57. The number of amides is 1. The van der Waals surface area contributed by atoms with Gasteiger partial charge in [0.2, 0.25) is 5.91 Å². The Hall–Kier alpha value is -1.62. The van der Waals surface area contributed by atoms with Gasteiger partial charge in [-0.3, -0.25) is 9.59 Å². The van der Waals surface area contributed by atoms with Crippen molar-refractivity contribution in [2.24, 2.45) is 5.41 Å². The van der Waals surface area contributed by atoms with Crippen LogP contribution >= 0.6 is 0 Å². The summed E-state index contributed by atoms with van der Waals surface area (Å²) in [6, 6.07) is 1.85. The van der Waals surface area contributed by atoms with Crippen LogP contribution < -0.4 is 5.32 Å². The second-order valence-corrected chi connectivity index (χ2v) is 7.11. The number of carbonyl (C=O) groups excluding carboxylic acids is 2. The molecule has 0 atom stereocenters. The summed E-state index contributed by atoms with van der Waals surface area (Å²) in [5, 5.41) is 10.7. The van der Waals surface area contributed by atoms with Crippen molar-refractivity contribution in [2.45, 2.75) is 25.7 Å². The average Bonchev–Trinajstić information content (AvgIpc) is 3.06. The van der Waals surface area contributed by atoms with Crippen LogP contribution in [-0.4, -0.2) is 45.5 Å². The Morgan fingerprint density at radius 2 is 2.05 bits per heavy atom. The van der Waals surface area contributed by atoms with Crippen molar-refractivity contribution < 1.29 is 22.7 Å². The lowest BCUT2D eigenvalue weighted by Crippen LogP contribution is -2.33. The second-order valence-electron chi connectivity index (χ2n) is 5.04. The summed E-state index contributed by atoms with van der Waals surface area (Å²) in [5.41, 5.74) is -0.557. The number of ether oxygens (including phenoxy) is 1. The van der Waals surface area contributed by atoms with Gasteiger partial charge in [0.05, 0.1) is 31.8 Å². The smallest absolute Gasteiger partial charge is 0.306 e. The molecule has 7 nitrogen and oxygen atoms in total. The van der Waals surface area contributed by atoms with Gasteiger partial charge in [0.15, 0.2) is 9.84 Å². The molecule has 8 heteroatoms. The average molecular weight is 302 g/mol. The first-order chi connectivity index (χ1) is 9.32. The molecular formula is C12H18N2O5S. The number of hydrogen-bond acceptors (Lipinski definition) is 6. The minimum atomic E-state index is -3.57. The van der Waals surface area contributed by atoms with Crippen LogP contribution in [0.3, 0.4) is 0 Å². The van der Waals surface area contributed by atoms with E-state index >= 15 is 0 Å². The first-order valence-electron chi connectivity index (χ1n) is 6.23. The molecule has 0 aliphatic heterocycles. The number of sulfone groups is 1. The molecule has 1 aliphatic rings. The van der Waals surface area contributed by atoms with Crippen LogP contribution in [0.5, 0.6) is 0 Å². The third-order valence-corrected chi connectivity index (χ3v) is 4.89. The zero-order valence-corrected chi connectivity index (χ0v) is 12.2. The summed E-state index contributed by atoms with van der Waals surface area (Å²) >= 11 is 0. The fourth-order valence-corrected chi connectivity index (χ4v) is 3.88. The number of nitriles is 1. The summed E-state index contributed by atoms with van der Waals surface area (Å²) in [7, 11) is -2.31. The van der Waals surface area contributed by atoms with Crippen LogP contribution in [0.25, 0.3) is 0 Å². The molecule has 1 N–H and O–H groups in total. The number of rotatable bonds is 8. The van der Waals surface area contributed by atoms with Gasteiger partial charge in [0.1, 0.15) is 5.75 Å². The lowest BCUT2D eigenvalue weighted by atomic mass is 10.1. The van der Waals surface area contributed by atoms with Crippen molar-refractivity contribution >= 4 is 21.7 Å². The summed E-state index contributed by atoms with van der Waals surface area (Å²) < 4.78 is 28.4. The van der Waals surface area contributed by atoms with Crippen molar-refractivity contribution in [1.82, 2.24) is 5.32 Å². The van der Waals surface area contributed by atoms with Crippen molar-refractivity contribution in [2.75, 3.05) is 25.2 Å². The molecule has 0 unspecified atom stereocenters. The molecule has 112 valence electrons. The Morgan fingerprint density at radius 1 is 1.40 bits per heavy atom. The fourth-order valence-electron chi connectivity index (χ4n) is 1.95. The molecule has 1 fully saturated rings. The number of hydrogen-bond donors (Lipinski definition) is 1. The molecule has 0 bridgehead atoms. The normalized spacial score (nSPS) is 16.0. The minimum Gasteiger partial charge on any atom is -0.469 e. The molecule has 1 rings (SSSR count). The maximum atomic E-state index is 11.9. The summed E-state index contributed by atoms with van der Waals surface area (Å²) in [5.74, 6) is -1.84. The molecule has 0 aromatic rings. The lowest BCUT2D eigenvalue weighted by molar-refractivity contribution is -0.141. The molecule has 0 spiro atoms. The second kappa shape index (κ2) is 6.70. The Balaban J connectivity index is 2.47. The maximum Gasteiger partial charge on any atom is 0.306 e. The minimum absolute atomic E-state index is 0.0682. The Labute approximate surface area is 118 Å². The number of carbonyl (C=O) groups is 2. The van der Waals surface area contributed by atoms with Gasteiger partial charge in [-0.05, 0) is 18.3 Å². The monoisotopic (exact) mass is 302 g/mol. The van der Waals surface area contributed by atoms with E-state index in [9.17, 15) is 18.0 Å². The molecule has 0 aromatic carbocycles. The third-order valence-electron chi connectivity index (χ3n) is 3.14. The van der Waals surface area contributed by atoms with Crippen molar-refractivity contribution in [1.29, 1.82) is 5.26 Å². The zero-order chi connectivity index (χ0) is 15.2. The molecule has 0 aromatic heterocycles. The maximum absolute atomic E-state index is 11.9. The lowest BCUT2D eigenvalue weighted by Gasteiger charge is -2.13. The Bertz CT molecular complexity index is 516. The van der Waals surface area contributed by atoms with Crippen LogP contribution in [-0.2, 0) is 24.2 Å². The van der Waals surface area contributed by atoms with Crippen LogP contribution in [0.4, 0.5) is 0 Å². The highest BCUT2D eigenvalue weighted by atomic mass is 32.2. The van der Waals surface area contributed by atoms with E-state index in [4.69, 9.17) is 5.26 Å². The van der Waals surface area contributed by atoms with E-state index in [1.807, 2.05) is 6.07 Å². The summed E-state index contributed by atoms with van der Waals surface area (Å²) in [6.07, 6.45) is 1.51. The highest BCUT2D eigenvalue weighted by Gasteiger charge is 2.48. The van der Waals surface area contributed by atoms with Crippen LogP contribution in [0, 0.1) is 16.7 Å². The van der Waals surface area contributed by atoms with E-state index in [1.165, 1.54) is 7.11 Å². The Kier molecular flexibility index (Phi) is 5.51. The molecule has 20 heavy (non-hydrogen) atoms. The van der Waals surface area contributed by atoms with Gasteiger partial charge in [-0.2, -0.15) is 5.26 Å².